The van der Waals surface area contributed by atoms with Gasteiger partial charge in [-0.15, -0.1) is 0 Å². The lowest BCUT2D eigenvalue weighted by atomic mass is 10.1. The van der Waals surface area contributed by atoms with Crippen molar-refractivity contribution >= 4 is 29.2 Å². The van der Waals surface area contributed by atoms with Gasteiger partial charge >= 0.3 is 5.97 Å². The number of aromatic amines is 1. The first-order valence-corrected chi connectivity index (χ1v) is 8.92. The van der Waals surface area contributed by atoms with Crippen molar-refractivity contribution < 1.29 is 9.53 Å². The van der Waals surface area contributed by atoms with Crippen LogP contribution in [0.3, 0.4) is 0 Å². The maximum atomic E-state index is 12.3. The van der Waals surface area contributed by atoms with Gasteiger partial charge in [0.25, 0.3) is 0 Å². The van der Waals surface area contributed by atoms with E-state index in [1.165, 1.54) is 0 Å². The first kappa shape index (κ1) is 18.5. The van der Waals surface area contributed by atoms with Crippen molar-refractivity contribution in [1.82, 2.24) is 19.7 Å². The third-order valence-electron chi connectivity index (χ3n) is 4.00. The number of aromatic nitrogens is 4. The van der Waals surface area contributed by atoms with Crippen molar-refractivity contribution in [3.63, 3.8) is 0 Å². The highest BCUT2D eigenvalue weighted by molar-refractivity contribution is 6.42. The number of ether oxygens (including phenoxy) is 1. The molecule has 1 aromatic carbocycles. The van der Waals surface area contributed by atoms with E-state index >= 15 is 0 Å². The standard InChI is InChI=1S/C18H18Cl2N4O2/c1-4-13-8-16(26-18(25)17-21-9-10(2)22-17)24(23-13)11(3)12-5-6-14(19)15(20)7-12/h5-9,11H,4H2,1-3H3,(H,21,22). The van der Waals surface area contributed by atoms with Crippen LogP contribution in [0.4, 0.5) is 0 Å². The van der Waals surface area contributed by atoms with Gasteiger partial charge in [-0.2, -0.15) is 5.10 Å². The summed E-state index contributed by atoms with van der Waals surface area (Å²) in [7, 11) is 0. The van der Waals surface area contributed by atoms with Gasteiger partial charge in [0.1, 0.15) is 0 Å². The molecule has 136 valence electrons. The van der Waals surface area contributed by atoms with E-state index in [9.17, 15) is 4.79 Å². The molecule has 0 radical (unpaired) electrons. The third-order valence-corrected chi connectivity index (χ3v) is 4.74. The summed E-state index contributed by atoms with van der Waals surface area (Å²) in [6, 6.07) is 6.93. The van der Waals surface area contributed by atoms with Crippen LogP contribution in [0.5, 0.6) is 5.88 Å². The molecule has 0 saturated heterocycles. The number of benzene rings is 1. The zero-order valence-electron chi connectivity index (χ0n) is 14.6. The fourth-order valence-electron chi connectivity index (χ4n) is 2.53. The average molecular weight is 393 g/mol. The molecule has 26 heavy (non-hydrogen) atoms. The van der Waals surface area contributed by atoms with E-state index in [0.29, 0.717) is 28.0 Å². The molecular formula is C18H18Cl2N4O2. The molecule has 0 aliphatic rings. The Morgan fingerprint density at radius 1 is 1.31 bits per heavy atom. The van der Waals surface area contributed by atoms with Crippen LogP contribution in [0.25, 0.3) is 0 Å². The molecule has 2 aromatic heterocycles. The second kappa shape index (κ2) is 7.51. The Labute approximate surface area is 161 Å². The van der Waals surface area contributed by atoms with Gasteiger partial charge in [0.05, 0.1) is 27.5 Å². The maximum Gasteiger partial charge on any atom is 0.381 e. The normalized spacial score (nSPS) is 12.2. The minimum absolute atomic E-state index is 0.149. The van der Waals surface area contributed by atoms with E-state index in [-0.39, 0.29) is 11.9 Å². The van der Waals surface area contributed by atoms with Gasteiger partial charge in [0.15, 0.2) is 0 Å². The van der Waals surface area contributed by atoms with E-state index in [1.54, 1.807) is 36.0 Å². The lowest BCUT2D eigenvalue weighted by Crippen LogP contribution is -2.16. The molecule has 0 aliphatic heterocycles. The first-order valence-electron chi connectivity index (χ1n) is 8.16. The maximum absolute atomic E-state index is 12.3. The third kappa shape index (κ3) is 3.76. The summed E-state index contributed by atoms with van der Waals surface area (Å²) in [6.45, 7) is 5.72. The monoisotopic (exact) mass is 392 g/mol. The molecule has 0 fully saturated rings. The Bertz CT molecular complexity index is 949. The lowest BCUT2D eigenvalue weighted by molar-refractivity contribution is 0.0705. The molecule has 2 heterocycles. The van der Waals surface area contributed by atoms with E-state index in [2.05, 4.69) is 15.1 Å². The molecular weight excluding hydrogens is 375 g/mol. The Hall–Kier alpha value is -2.31. The van der Waals surface area contributed by atoms with Crippen LogP contribution < -0.4 is 4.74 Å². The number of aryl methyl sites for hydroxylation is 2. The topological polar surface area (TPSA) is 72.8 Å². The van der Waals surface area contributed by atoms with Gasteiger partial charge in [-0.05, 0) is 38.0 Å². The summed E-state index contributed by atoms with van der Waals surface area (Å²) >= 11 is 12.1. The summed E-state index contributed by atoms with van der Waals surface area (Å²) in [6.07, 6.45) is 2.36. The van der Waals surface area contributed by atoms with Crippen molar-refractivity contribution in [1.29, 1.82) is 0 Å². The largest absolute Gasteiger partial charge is 0.402 e. The van der Waals surface area contributed by atoms with Gasteiger partial charge in [-0.3, -0.25) is 0 Å². The molecule has 1 unspecified atom stereocenters. The van der Waals surface area contributed by atoms with Crippen LogP contribution in [0.15, 0.2) is 30.5 Å². The average Bonchev–Trinajstić information content (AvgIpc) is 3.23. The van der Waals surface area contributed by atoms with Crippen molar-refractivity contribution in [3.05, 3.63) is 63.3 Å². The fourth-order valence-corrected chi connectivity index (χ4v) is 2.83. The van der Waals surface area contributed by atoms with Gasteiger partial charge in [-0.1, -0.05) is 36.2 Å². The molecule has 0 aliphatic carbocycles. The number of nitrogens with zero attached hydrogens (tertiary/aromatic N) is 3. The number of H-pyrrole nitrogens is 1. The minimum atomic E-state index is -0.566. The zero-order valence-corrected chi connectivity index (χ0v) is 16.1. The Morgan fingerprint density at radius 3 is 2.69 bits per heavy atom. The highest BCUT2D eigenvalue weighted by Gasteiger charge is 2.21. The number of rotatable bonds is 5. The molecule has 0 spiro atoms. The smallest absolute Gasteiger partial charge is 0.381 e. The summed E-state index contributed by atoms with van der Waals surface area (Å²) in [5, 5.41) is 5.49. The van der Waals surface area contributed by atoms with Crippen LogP contribution >= 0.6 is 23.2 Å². The summed E-state index contributed by atoms with van der Waals surface area (Å²) in [5.74, 6) is -0.0711. The van der Waals surface area contributed by atoms with Gasteiger partial charge in [0, 0.05) is 12.3 Å². The Balaban J connectivity index is 1.92. The van der Waals surface area contributed by atoms with Crippen LogP contribution in [-0.4, -0.2) is 25.7 Å². The predicted molar refractivity (Wildman–Crippen MR) is 100 cm³/mol. The van der Waals surface area contributed by atoms with Crippen molar-refractivity contribution in [2.45, 2.75) is 33.2 Å². The lowest BCUT2D eigenvalue weighted by Gasteiger charge is -2.16. The van der Waals surface area contributed by atoms with E-state index in [4.69, 9.17) is 27.9 Å². The quantitative estimate of drug-likeness (QED) is 0.643. The number of hydrogen-bond donors (Lipinski definition) is 1. The zero-order chi connectivity index (χ0) is 18.8. The van der Waals surface area contributed by atoms with Crippen LogP contribution in [0, 0.1) is 6.92 Å². The van der Waals surface area contributed by atoms with Gasteiger partial charge in [0.2, 0.25) is 11.7 Å². The fraction of sp³-hybridized carbons (Fsp3) is 0.278. The van der Waals surface area contributed by atoms with E-state index < -0.39 is 5.97 Å². The molecule has 1 N–H and O–H groups in total. The molecule has 6 nitrogen and oxygen atoms in total. The molecule has 3 rings (SSSR count). The summed E-state index contributed by atoms with van der Waals surface area (Å²) in [4.78, 5) is 19.2. The summed E-state index contributed by atoms with van der Waals surface area (Å²) < 4.78 is 7.19. The van der Waals surface area contributed by atoms with Crippen LogP contribution in [0.1, 0.15) is 47.5 Å². The molecule has 1 atom stereocenters. The van der Waals surface area contributed by atoms with Crippen molar-refractivity contribution in [3.8, 4) is 5.88 Å². The summed E-state index contributed by atoms with van der Waals surface area (Å²) in [5.41, 5.74) is 2.43. The van der Waals surface area contributed by atoms with Crippen LogP contribution in [0.2, 0.25) is 10.0 Å². The van der Waals surface area contributed by atoms with Gasteiger partial charge < -0.3 is 9.72 Å². The number of nitrogens with one attached hydrogen (secondary N) is 1. The number of carbonyl (C=O) groups is 1. The van der Waals surface area contributed by atoms with E-state index in [1.807, 2.05) is 19.9 Å². The van der Waals surface area contributed by atoms with Crippen molar-refractivity contribution in [2.75, 3.05) is 0 Å². The number of halogens is 2. The molecule has 0 saturated carbocycles. The second-order valence-electron chi connectivity index (χ2n) is 5.90. The van der Waals surface area contributed by atoms with Crippen LogP contribution in [-0.2, 0) is 6.42 Å². The van der Waals surface area contributed by atoms with E-state index in [0.717, 1.165) is 11.3 Å². The Kier molecular flexibility index (Phi) is 5.34. The highest BCUT2D eigenvalue weighted by Crippen LogP contribution is 2.30. The predicted octanol–water partition coefficient (Wildman–Crippen LogP) is 4.61. The number of imidazole rings is 1. The first-order chi connectivity index (χ1) is 12.4. The van der Waals surface area contributed by atoms with Crippen molar-refractivity contribution in [2.24, 2.45) is 0 Å². The van der Waals surface area contributed by atoms with Gasteiger partial charge in [-0.25, -0.2) is 14.5 Å². The number of esters is 1. The second-order valence-corrected chi connectivity index (χ2v) is 6.72. The number of carbonyl (C=O) groups excluding carboxylic acids is 1. The highest BCUT2D eigenvalue weighted by atomic mass is 35.5. The SMILES string of the molecule is CCc1cc(OC(=O)c2nc(C)c[nH]2)n(C(C)c2ccc(Cl)c(Cl)c2)n1. The number of hydrogen-bond acceptors (Lipinski definition) is 4. The molecule has 0 amide bonds. The molecule has 8 heteroatoms. The Morgan fingerprint density at radius 2 is 2.08 bits per heavy atom. The molecule has 3 aromatic rings. The minimum Gasteiger partial charge on any atom is -0.402 e. The molecule has 0 bridgehead atoms.